The number of methoxy groups -OCH3 is 1. The van der Waals surface area contributed by atoms with Crippen LogP contribution in [0.3, 0.4) is 0 Å². The van der Waals surface area contributed by atoms with Crippen LogP contribution in [0.5, 0.6) is 5.75 Å². The Balaban J connectivity index is 1.77. The van der Waals surface area contributed by atoms with Crippen LogP contribution < -0.4 is 10.1 Å². The van der Waals surface area contributed by atoms with Gasteiger partial charge in [-0.3, -0.25) is 4.79 Å². The minimum Gasteiger partial charge on any atom is -0.496 e. The first-order valence-electron chi connectivity index (χ1n) is 10.6. The zero-order chi connectivity index (χ0) is 24.4. The molecule has 0 bridgehead atoms. The number of sulfone groups is 1. The van der Waals surface area contributed by atoms with E-state index >= 15 is 0 Å². The fraction of sp³-hybridized carbons (Fsp3) is 0.0385. The smallest absolute Gasteiger partial charge is 0.229 e. The minimum absolute atomic E-state index is 0.101. The fourth-order valence-electron chi connectivity index (χ4n) is 3.67. The lowest BCUT2D eigenvalue weighted by atomic mass is 10.1. The lowest BCUT2D eigenvalue weighted by molar-refractivity contribution is 0.110. The highest BCUT2D eigenvalue weighted by atomic mass is 32.2. The second-order valence-corrected chi connectivity index (χ2v) is 9.41. The van der Waals surface area contributed by atoms with E-state index in [2.05, 4.69) is 15.3 Å². The van der Waals surface area contributed by atoms with Gasteiger partial charge in [-0.1, -0.05) is 36.4 Å². The number of rotatable bonds is 7. The van der Waals surface area contributed by atoms with Crippen LogP contribution >= 0.6 is 0 Å². The maximum Gasteiger partial charge on any atom is 0.229 e. The molecule has 5 aromatic rings. The van der Waals surface area contributed by atoms with Crippen molar-refractivity contribution in [1.29, 1.82) is 0 Å². The van der Waals surface area contributed by atoms with Gasteiger partial charge in [0.25, 0.3) is 0 Å². The van der Waals surface area contributed by atoms with Crippen molar-refractivity contribution in [1.82, 2.24) is 9.97 Å². The van der Waals surface area contributed by atoms with Gasteiger partial charge in [0, 0.05) is 17.1 Å². The Labute approximate surface area is 201 Å². The molecule has 9 heteroatoms. The van der Waals surface area contributed by atoms with Crippen molar-refractivity contribution in [2.45, 2.75) is 9.92 Å². The zero-order valence-electron chi connectivity index (χ0n) is 18.5. The molecule has 35 heavy (non-hydrogen) atoms. The van der Waals surface area contributed by atoms with Crippen molar-refractivity contribution >= 4 is 38.7 Å². The molecule has 3 aromatic carbocycles. The van der Waals surface area contributed by atoms with Gasteiger partial charge in [-0.25, -0.2) is 13.4 Å². The average molecular weight is 486 g/mol. The van der Waals surface area contributed by atoms with E-state index in [1.165, 1.54) is 25.3 Å². The molecule has 8 nitrogen and oxygen atoms in total. The molecule has 0 saturated carbocycles. The van der Waals surface area contributed by atoms with Gasteiger partial charge in [-0.15, -0.1) is 0 Å². The molecular weight excluding hydrogens is 466 g/mol. The number of nitrogens with one attached hydrogen (secondary N) is 1. The quantitative estimate of drug-likeness (QED) is 0.245. The van der Waals surface area contributed by atoms with E-state index in [9.17, 15) is 13.2 Å². The van der Waals surface area contributed by atoms with Crippen LogP contribution in [0.25, 0.3) is 22.2 Å². The van der Waals surface area contributed by atoms with Crippen LogP contribution in [-0.2, 0) is 9.84 Å². The second-order valence-electron chi connectivity index (χ2n) is 7.55. The van der Waals surface area contributed by atoms with Crippen LogP contribution in [0.1, 0.15) is 10.6 Å². The van der Waals surface area contributed by atoms with Crippen molar-refractivity contribution in [2.75, 3.05) is 12.4 Å². The van der Waals surface area contributed by atoms with Gasteiger partial charge in [0.2, 0.25) is 15.8 Å². The van der Waals surface area contributed by atoms with E-state index in [1.807, 2.05) is 30.3 Å². The Morgan fingerprint density at radius 2 is 1.63 bits per heavy atom. The molecule has 0 aliphatic heterocycles. The standard InChI is InChI=1S/C26H19N3O5S/c1-33-24-15-22-20(14-21(24)23-13-12-18(16-30)34-23)25(35(31,32)19-10-6-3-7-11-19)29-26(28-22)27-17-8-4-2-5-9-17/h2-16H,1H3,(H,27,28,29). The first kappa shape index (κ1) is 22.3. The van der Waals surface area contributed by atoms with Gasteiger partial charge in [-0.05, 0) is 42.5 Å². The lowest BCUT2D eigenvalue weighted by Gasteiger charge is -2.14. The summed E-state index contributed by atoms with van der Waals surface area (Å²) in [5, 5.41) is 3.19. The Bertz CT molecular complexity index is 1630. The Morgan fingerprint density at radius 1 is 0.914 bits per heavy atom. The fourth-order valence-corrected chi connectivity index (χ4v) is 5.07. The molecule has 0 atom stereocenters. The maximum absolute atomic E-state index is 13.7. The number of carbonyl (C=O) groups is 1. The summed E-state index contributed by atoms with van der Waals surface area (Å²) in [4.78, 5) is 20.2. The second kappa shape index (κ2) is 9.03. The van der Waals surface area contributed by atoms with Crippen LogP contribution in [-0.4, -0.2) is 31.8 Å². The number of aromatic nitrogens is 2. The van der Waals surface area contributed by atoms with Crippen molar-refractivity contribution in [3.63, 3.8) is 0 Å². The first-order chi connectivity index (χ1) is 17.0. The number of hydrogen-bond acceptors (Lipinski definition) is 8. The number of para-hydroxylation sites is 1. The number of nitrogens with zero attached hydrogens (tertiary/aromatic N) is 2. The number of anilines is 2. The normalized spacial score (nSPS) is 11.3. The third-order valence-electron chi connectivity index (χ3n) is 5.33. The highest BCUT2D eigenvalue weighted by molar-refractivity contribution is 7.91. The van der Waals surface area contributed by atoms with Gasteiger partial charge in [0.05, 0.1) is 23.1 Å². The maximum atomic E-state index is 13.7. The molecule has 0 fully saturated rings. The van der Waals surface area contributed by atoms with Gasteiger partial charge in [-0.2, -0.15) is 4.98 Å². The monoisotopic (exact) mass is 485 g/mol. The van der Waals surface area contributed by atoms with E-state index in [1.54, 1.807) is 36.4 Å². The third-order valence-corrected chi connectivity index (χ3v) is 7.04. The van der Waals surface area contributed by atoms with E-state index in [4.69, 9.17) is 9.15 Å². The van der Waals surface area contributed by atoms with E-state index in [0.29, 0.717) is 34.6 Å². The Morgan fingerprint density at radius 3 is 2.29 bits per heavy atom. The van der Waals surface area contributed by atoms with Crippen LogP contribution in [0.15, 0.2) is 99.3 Å². The van der Waals surface area contributed by atoms with Crippen molar-refractivity contribution < 1.29 is 22.4 Å². The summed E-state index contributed by atoms with van der Waals surface area (Å²) in [6, 6.07) is 23.6. The highest BCUT2D eigenvalue weighted by Crippen LogP contribution is 2.38. The number of aldehydes is 1. The summed E-state index contributed by atoms with van der Waals surface area (Å²) in [6.45, 7) is 0. The number of benzene rings is 3. The number of fused-ring (bicyclic) bond motifs is 1. The number of carbonyl (C=O) groups excluding carboxylic acids is 1. The number of ether oxygens (including phenoxy) is 1. The minimum atomic E-state index is -4.02. The first-order valence-corrected chi connectivity index (χ1v) is 12.1. The molecule has 0 amide bonds. The van der Waals surface area contributed by atoms with Crippen LogP contribution in [0.2, 0.25) is 0 Å². The molecule has 2 heterocycles. The van der Waals surface area contributed by atoms with Crippen LogP contribution in [0, 0.1) is 0 Å². The molecule has 2 aromatic heterocycles. The lowest BCUT2D eigenvalue weighted by Crippen LogP contribution is -2.09. The number of hydrogen-bond donors (Lipinski definition) is 1. The summed E-state index contributed by atoms with van der Waals surface area (Å²) in [5.41, 5.74) is 1.52. The van der Waals surface area contributed by atoms with Crippen molar-refractivity contribution in [2.24, 2.45) is 0 Å². The summed E-state index contributed by atoms with van der Waals surface area (Å²) in [6.07, 6.45) is 0.590. The molecule has 1 N–H and O–H groups in total. The predicted octanol–water partition coefficient (Wildman–Crippen LogP) is 5.29. The van der Waals surface area contributed by atoms with Crippen molar-refractivity contribution in [3.8, 4) is 17.1 Å². The number of furan rings is 1. The van der Waals surface area contributed by atoms with E-state index < -0.39 is 9.84 Å². The van der Waals surface area contributed by atoms with Gasteiger partial charge < -0.3 is 14.5 Å². The van der Waals surface area contributed by atoms with E-state index in [-0.39, 0.29) is 27.0 Å². The Hall–Kier alpha value is -4.50. The molecule has 174 valence electrons. The summed E-state index contributed by atoms with van der Waals surface area (Å²) in [5.74, 6) is 1.00. The molecule has 5 rings (SSSR count). The third kappa shape index (κ3) is 4.24. The largest absolute Gasteiger partial charge is 0.496 e. The predicted molar refractivity (Wildman–Crippen MR) is 131 cm³/mol. The molecule has 0 saturated heterocycles. The molecule has 0 spiro atoms. The average Bonchev–Trinajstić information content (AvgIpc) is 3.38. The van der Waals surface area contributed by atoms with E-state index in [0.717, 1.165) is 0 Å². The molecule has 0 aliphatic rings. The summed E-state index contributed by atoms with van der Waals surface area (Å²) >= 11 is 0. The molecule has 0 radical (unpaired) electrons. The summed E-state index contributed by atoms with van der Waals surface area (Å²) in [7, 11) is -2.53. The molecule has 0 aliphatic carbocycles. The zero-order valence-corrected chi connectivity index (χ0v) is 19.3. The summed E-state index contributed by atoms with van der Waals surface area (Å²) < 4.78 is 38.5. The van der Waals surface area contributed by atoms with Gasteiger partial charge >= 0.3 is 0 Å². The Kier molecular flexibility index (Phi) is 5.76. The molecular formula is C26H19N3O5S. The van der Waals surface area contributed by atoms with Crippen LogP contribution in [0.4, 0.5) is 11.6 Å². The van der Waals surface area contributed by atoms with Gasteiger partial charge in [0.1, 0.15) is 11.5 Å². The van der Waals surface area contributed by atoms with Crippen molar-refractivity contribution in [3.05, 3.63) is 90.7 Å². The SMILES string of the molecule is COc1cc2nc(Nc3ccccc3)nc(S(=O)(=O)c3ccccc3)c2cc1-c1ccc(C=O)o1. The van der Waals surface area contributed by atoms with Gasteiger partial charge in [0.15, 0.2) is 17.1 Å². The topological polar surface area (TPSA) is 111 Å². The molecule has 0 unspecified atom stereocenters. The highest BCUT2D eigenvalue weighted by Gasteiger charge is 2.26.